The first-order valence-electron chi connectivity index (χ1n) is 7.94. The zero-order valence-corrected chi connectivity index (χ0v) is 15.2. The molecule has 0 amide bonds. The lowest BCUT2D eigenvalue weighted by atomic mass is 9.98. The Hall–Kier alpha value is -2.48. The molecular formula is C12H24N6O8. The topological polar surface area (TPSA) is 197 Å². The third-order valence-electron chi connectivity index (χ3n) is 4.69. The molecule has 26 heavy (non-hydrogen) atoms. The van der Waals surface area contributed by atoms with Gasteiger partial charge in [-0.15, -0.1) is 0 Å². The maximum absolute atomic E-state index is 11.2. The van der Waals surface area contributed by atoms with Crippen molar-refractivity contribution in [1.29, 1.82) is 0 Å². The highest BCUT2D eigenvalue weighted by molar-refractivity contribution is 4.85. The lowest BCUT2D eigenvalue weighted by Gasteiger charge is -2.29. The van der Waals surface area contributed by atoms with Gasteiger partial charge in [-0.25, -0.2) is 0 Å². The minimum Gasteiger partial charge on any atom is -0.287 e. The van der Waals surface area contributed by atoms with Gasteiger partial charge in [0.2, 0.25) is 0 Å². The minimum absolute atomic E-state index is 0.397. The van der Waals surface area contributed by atoms with Gasteiger partial charge in [0.15, 0.2) is 0 Å². The van der Waals surface area contributed by atoms with Crippen molar-refractivity contribution < 1.29 is 19.7 Å². The molecule has 0 aliphatic heterocycles. The highest BCUT2D eigenvalue weighted by Gasteiger charge is 2.61. The van der Waals surface area contributed by atoms with E-state index in [-0.39, 0.29) is 0 Å². The molecule has 0 radical (unpaired) electrons. The summed E-state index contributed by atoms with van der Waals surface area (Å²) in [7, 11) is 0. The molecular weight excluding hydrogens is 356 g/mol. The monoisotopic (exact) mass is 380 g/mol. The molecule has 0 aromatic rings. The predicted octanol–water partition coefficient (Wildman–Crippen LogP) is 0.608. The van der Waals surface area contributed by atoms with Crippen LogP contribution in [0.3, 0.4) is 0 Å². The molecule has 2 unspecified atom stereocenters. The molecule has 0 spiro atoms. The molecule has 0 saturated heterocycles. The Labute approximate surface area is 148 Å². The molecule has 0 aromatic carbocycles. The summed E-state index contributed by atoms with van der Waals surface area (Å²) in [5.41, 5.74) is -4.99. The molecule has 0 fully saturated rings. The number of nitro groups is 4. The van der Waals surface area contributed by atoms with Crippen molar-refractivity contribution in [2.75, 3.05) is 0 Å². The van der Waals surface area contributed by atoms with Crippen LogP contribution in [0.2, 0.25) is 0 Å². The van der Waals surface area contributed by atoms with Crippen molar-refractivity contribution in [3.63, 3.8) is 0 Å². The third kappa shape index (κ3) is 4.01. The fourth-order valence-corrected chi connectivity index (χ4v) is 2.96. The first-order valence-corrected chi connectivity index (χ1v) is 7.94. The van der Waals surface area contributed by atoms with Gasteiger partial charge in [0, 0.05) is 0 Å². The van der Waals surface area contributed by atoms with Gasteiger partial charge in [-0.3, -0.25) is 51.1 Å². The molecule has 0 rings (SSSR count). The van der Waals surface area contributed by atoms with Crippen molar-refractivity contribution >= 4 is 0 Å². The van der Waals surface area contributed by atoms with Crippen molar-refractivity contribution in [2.45, 2.75) is 77.0 Å². The van der Waals surface area contributed by atoms with Crippen molar-refractivity contribution in [3.05, 3.63) is 40.5 Å². The number of hydrogen-bond acceptors (Lipinski definition) is 10. The highest BCUT2D eigenvalue weighted by Crippen LogP contribution is 2.23. The van der Waals surface area contributed by atoms with E-state index in [0.29, 0.717) is 0 Å². The summed E-state index contributed by atoms with van der Waals surface area (Å²) in [6, 6.07) is -2.51. The van der Waals surface area contributed by atoms with Crippen molar-refractivity contribution in [2.24, 2.45) is 0 Å². The second kappa shape index (κ2) is 8.75. The normalized spacial score (nSPS) is 15.7. The smallest absolute Gasteiger partial charge is 0.287 e. The Morgan fingerprint density at radius 2 is 0.923 bits per heavy atom. The third-order valence-corrected chi connectivity index (χ3v) is 4.69. The van der Waals surface area contributed by atoms with E-state index >= 15 is 0 Å². The van der Waals surface area contributed by atoms with E-state index in [1.54, 1.807) is 0 Å². The summed E-state index contributed by atoms with van der Waals surface area (Å²) in [4.78, 5) is 41.0. The van der Waals surface area contributed by atoms with Crippen LogP contribution in [0.15, 0.2) is 0 Å². The van der Waals surface area contributed by atoms with Crippen LogP contribution in [0, 0.1) is 40.5 Å². The molecule has 14 nitrogen and oxygen atoms in total. The van der Waals surface area contributed by atoms with Gasteiger partial charge in [0.05, 0.1) is 19.0 Å². The Balaban J connectivity index is 5.44. The van der Waals surface area contributed by atoms with Crippen LogP contribution < -0.4 is 10.6 Å². The Morgan fingerprint density at radius 3 is 1.08 bits per heavy atom. The van der Waals surface area contributed by atoms with Crippen LogP contribution >= 0.6 is 0 Å². The van der Waals surface area contributed by atoms with Gasteiger partial charge in [-0.05, 0) is 20.8 Å². The maximum atomic E-state index is 11.2. The minimum atomic E-state index is -2.49. The second-order valence-electron chi connectivity index (χ2n) is 5.99. The lowest BCUT2D eigenvalue weighted by molar-refractivity contribution is -0.801. The van der Waals surface area contributed by atoms with Gasteiger partial charge in [0.25, 0.3) is 0 Å². The molecule has 0 heterocycles. The quantitative estimate of drug-likeness (QED) is 0.275. The molecule has 0 aromatic heterocycles. The fourth-order valence-electron chi connectivity index (χ4n) is 2.96. The van der Waals surface area contributed by atoms with Gasteiger partial charge in [-0.2, -0.15) is 0 Å². The molecule has 0 aliphatic rings. The largest absolute Gasteiger partial charge is 0.472 e. The zero-order chi connectivity index (χ0) is 20.9. The first-order chi connectivity index (χ1) is 11.8. The molecule has 14 heteroatoms. The van der Waals surface area contributed by atoms with E-state index < -0.39 is 62.1 Å². The van der Waals surface area contributed by atoms with E-state index in [1.165, 1.54) is 34.6 Å². The van der Waals surface area contributed by atoms with Crippen LogP contribution in [0.1, 0.15) is 47.5 Å². The Morgan fingerprint density at radius 1 is 0.692 bits per heavy atom. The molecule has 0 aliphatic carbocycles. The van der Waals surface area contributed by atoms with Gasteiger partial charge >= 0.3 is 11.3 Å². The number of hydrogen-bond donors (Lipinski definition) is 2. The SMILES string of the molecule is CCC(C(C)NC(C)NC(C)C(CC)([N+](=O)[O-])[N+](=O)[O-])([N+](=O)[O-])[N+](=O)[O-]. The van der Waals surface area contributed by atoms with E-state index in [0.717, 1.165) is 0 Å². The summed E-state index contributed by atoms with van der Waals surface area (Å²) in [6.45, 7) is 6.49. The molecule has 150 valence electrons. The summed E-state index contributed by atoms with van der Waals surface area (Å²) >= 11 is 0. The molecule has 0 bridgehead atoms. The Kier molecular flexibility index (Phi) is 7.92. The van der Waals surface area contributed by atoms with Crippen LogP contribution in [-0.2, 0) is 0 Å². The summed E-state index contributed by atoms with van der Waals surface area (Å²) in [5, 5.41) is 50.2. The molecule has 0 saturated carbocycles. The second-order valence-corrected chi connectivity index (χ2v) is 5.99. The standard InChI is InChI=1S/C12H24N6O8/c1-6-11(15(19)20,16(21)22)8(3)13-10(5)14-9(4)12(7-2,17(23)24)18(25)26/h8-10,13-14H,6-7H2,1-5H3. The summed E-state index contributed by atoms with van der Waals surface area (Å²) in [5.74, 6) is 0. The first kappa shape index (κ1) is 23.5. The van der Waals surface area contributed by atoms with E-state index in [1.807, 2.05) is 0 Å². The maximum Gasteiger partial charge on any atom is 0.472 e. The Bertz CT molecular complexity index is 494. The van der Waals surface area contributed by atoms with Crippen molar-refractivity contribution in [1.82, 2.24) is 10.6 Å². The molecule has 2 N–H and O–H groups in total. The fraction of sp³-hybridized carbons (Fsp3) is 1.00. The molecule has 2 atom stereocenters. The van der Waals surface area contributed by atoms with Crippen molar-refractivity contribution in [3.8, 4) is 0 Å². The lowest BCUT2D eigenvalue weighted by Crippen LogP contribution is -2.66. The van der Waals surface area contributed by atoms with Gasteiger partial charge in [-0.1, -0.05) is 13.8 Å². The van der Waals surface area contributed by atoms with E-state index in [4.69, 9.17) is 0 Å². The number of rotatable bonds is 12. The van der Waals surface area contributed by atoms with Gasteiger partial charge < -0.3 is 0 Å². The zero-order valence-electron chi connectivity index (χ0n) is 15.2. The van der Waals surface area contributed by atoms with Gasteiger partial charge in [0.1, 0.15) is 31.8 Å². The van der Waals surface area contributed by atoms with Crippen LogP contribution in [-0.4, -0.2) is 49.3 Å². The average Bonchev–Trinajstić information content (AvgIpc) is 2.47. The number of nitrogens with one attached hydrogen (secondary N) is 2. The summed E-state index contributed by atoms with van der Waals surface area (Å²) < 4.78 is 0. The van der Waals surface area contributed by atoms with Crippen LogP contribution in [0.25, 0.3) is 0 Å². The van der Waals surface area contributed by atoms with E-state index in [9.17, 15) is 40.5 Å². The highest BCUT2D eigenvalue weighted by atomic mass is 16.7. The van der Waals surface area contributed by atoms with Crippen LogP contribution in [0.5, 0.6) is 0 Å². The average molecular weight is 380 g/mol. The predicted molar refractivity (Wildman–Crippen MR) is 88.7 cm³/mol. The van der Waals surface area contributed by atoms with E-state index in [2.05, 4.69) is 10.6 Å². The van der Waals surface area contributed by atoms with Crippen LogP contribution in [0.4, 0.5) is 0 Å². The number of nitrogens with zero attached hydrogens (tertiary/aromatic N) is 4. The summed E-state index contributed by atoms with van der Waals surface area (Å²) in [6.07, 6.45) is -1.70.